The number of carboxylic acids is 1. The van der Waals surface area contributed by atoms with Crippen LogP contribution in [0.5, 0.6) is 0 Å². The molecule has 0 fully saturated rings. The van der Waals surface area contributed by atoms with Gasteiger partial charge in [0.25, 0.3) is 0 Å². The molecule has 0 aliphatic rings. The molecule has 3 nitrogen and oxygen atoms in total. The maximum Gasteiger partial charge on any atom is 0.312 e. The van der Waals surface area contributed by atoms with Crippen LogP contribution in [0.2, 0.25) is 0 Å². The average Bonchev–Trinajstić information content (AvgIpc) is 1.88. The zero-order chi connectivity index (χ0) is 7.56. The van der Waals surface area contributed by atoms with Crippen LogP contribution in [0.4, 0.5) is 0 Å². The Kier molecular flexibility index (Phi) is 8.44. The molecule has 0 amide bonds. The number of aromatic nitrogens is 1. The van der Waals surface area contributed by atoms with Gasteiger partial charge in [-0.1, -0.05) is 19.3 Å². The molecule has 0 saturated heterocycles. The monoisotopic (exact) mass is 289 g/mol. The smallest absolute Gasteiger partial charge is 0.312 e. The van der Waals surface area contributed by atoms with Gasteiger partial charge < -0.3 is 10.1 Å². The minimum atomic E-state index is -0.945. The van der Waals surface area contributed by atoms with E-state index in [1.165, 1.54) is 6.20 Å². The molecule has 0 aromatic carbocycles. The van der Waals surface area contributed by atoms with Crippen molar-refractivity contribution in [1.82, 2.24) is 4.98 Å². The van der Waals surface area contributed by atoms with Crippen LogP contribution in [0, 0.1) is 13.1 Å². The Hall–Kier alpha value is 0.347. The minimum absolute atomic E-state index is 0. The molecule has 0 spiro atoms. The Morgan fingerprint density at radius 3 is 2.58 bits per heavy atom. The summed E-state index contributed by atoms with van der Waals surface area (Å²) >= 11 is 0. The SMILES string of the molecule is Cc1c[c-]ncc1C(=O)O.[Y].[Zn]. The van der Waals surface area contributed by atoms with Crippen molar-refractivity contribution in [2.75, 3.05) is 0 Å². The summed E-state index contributed by atoms with van der Waals surface area (Å²) < 4.78 is 0. The first-order valence-corrected chi connectivity index (χ1v) is 2.78. The first-order valence-electron chi connectivity index (χ1n) is 2.78. The molecule has 0 aliphatic carbocycles. The third-order valence-electron chi connectivity index (χ3n) is 1.20. The second-order valence-electron chi connectivity index (χ2n) is 1.93. The number of aryl methyl sites for hydroxylation is 1. The van der Waals surface area contributed by atoms with Gasteiger partial charge in [0, 0.05) is 52.2 Å². The number of aromatic carboxylic acids is 1. The summed E-state index contributed by atoms with van der Waals surface area (Å²) in [5.74, 6) is -0.945. The molecule has 12 heavy (non-hydrogen) atoms. The van der Waals surface area contributed by atoms with Gasteiger partial charge in [0.2, 0.25) is 0 Å². The van der Waals surface area contributed by atoms with E-state index < -0.39 is 5.97 Å². The zero-order valence-electron chi connectivity index (χ0n) is 6.74. The van der Waals surface area contributed by atoms with Crippen molar-refractivity contribution >= 4 is 5.97 Å². The largest absolute Gasteiger partial charge is 0.479 e. The van der Waals surface area contributed by atoms with Crippen molar-refractivity contribution in [1.29, 1.82) is 0 Å². The summed E-state index contributed by atoms with van der Waals surface area (Å²) in [6.07, 6.45) is 3.83. The number of carbonyl (C=O) groups is 1. The Morgan fingerprint density at radius 1 is 1.67 bits per heavy atom. The van der Waals surface area contributed by atoms with E-state index in [4.69, 9.17) is 5.11 Å². The van der Waals surface area contributed by atoms with Crippen LogP contribution in [-0.2, 0) is 52.2 Å². The van der Waals surface area contributed by atoms with Gasteiger partial charge in [-0.2, -0.15) is 6.07 Å². The summed E-state index contributed by atoms with van der Waals surface area (Å²) in [4.78, 5) is 13.9. The number of carboxylic acid groups (broad SMARTS) is 1. The average molecular weight is 290 g/mol. The van der Waals surface area contributed by atoms with Gasteiger partial charge >= 0.3 is 5.97 Å². The number of hydrogen-bond acceptors (Lipinski definition) is 2. The summed E-state index contributed by atoms with van der Waals surface area (Å²) in [5.41, 5.74) is 0.918. The van der Waals surface area contributed by atoms with Crippen LogP contribution in [-0.4, -0.2) is 16.1 Å². The van der Waals surface area contributed by atoms with Crippen molar-refractivity contribution in [3.8, 4) is 0 Å². The Labute approximate surface area is 109 Å². The number of pyridine rings is 1. The molecule has 0 aliphatic heterocycles. The second-order valence-corrected chi connectivity index (χ2v) is 1.93. The third-order valence-corrected chi connectivity index (χ3v) is 1.20. The van der Waals surface area contributed by atoms with Gasteiger partial charge in [-0.15, -0.1) is 5.56 Å². The van der Waals surface area contributed by atoms with E-state index in [2.05, 4.69) is 11.2 Å². The summed E-state index contributed by atoms with van der Waals surface area (Å²) in [6.45, 7) is 1.71. The first-order chi connectivity index (χ1) is 4.72. The fourth-order valence-corrected chi connectivity index (χ4v) is 0.639. The van der Waals surface area contributed by atoms with Crippen molar-refractivity contribution in [3.05, 3.63) is 29.6 Å². The van der Waals surface area contributed by atoms with E-state index in [0.29, 0.717) is 5.56 Å². The molecular weight excluding hydrogens is 284 g/mol. The van der Waals surface area contributed by atoms with E-state index in [9.17, 15) is 4.79 Å². The van der Waals surface area contributed by atoms with Gasteiger partial charge in [0.15, 0.2) is 0 Å². The van der Waals surface area contributed by atoms with Crippen LogP contribution < -0.4 is 0 Å². The molecule has 5 heteroatoms. The van der Waals surface area contributed by atoms with E-state index in [1.54, 1.807) is 13.0 Å². The Balaban J connectivity index is 0. The molecule has 0 unspecified atom stereocenters. The zero-order valence-corrected chi connectivity index (χ0v) is 12.5. The third kappa shape index (κ3) is 3.84. The molecule has 57 valence electrons. The standard InChI is InChI=1S/C7H6NO2.Y.Zn/c1-5-2-3-8-4-6(5)7(9)10;;/h2,4H,1H3,(H,9,10);;/q-1;;. The van der Waals surface area contributed by atoms with Crippen LogP contribution in [0.25, 0.3) is 0 Å². The van der Waals surface area contributed by atoms with E-state index >= 15 is 0 Å². The van der Waals surface area contributed by atoms with Gasteiger partial charge in [0.05, 0.1) is 0 Å². The molecule has 1 heterocycles. The molecule has 0 atom stereocenters. The van der Waals surface area contributed by atoms with Gasteiger partial charge in [-0.25, -0.2) is 4.79 Å². The maximum atomic E-state index is 10.4. The number of nitrogens with zero attached hydrogens (tertiary/aromatic N) is 1. The number of hydrogen-bond donors (Lipinski definition) is 1. The first kappa shape index (κ1) is 14.8. The number of rotatable bonds is 1. The van der Waals surface area contributed by atoms with Crippen LogP contribution >= 0.6 is 0 Å². The molecule has 1 radical (unpaired) electrons. The molecule has 1 aromatic rings. The molecule has 0 bridgehead atoms. The summed E-state index contributed by atoms with van der Waals surface area (Å²) in [7, 11) is 0. The minimum Gasteiger partial charge on any atom is -0.479 e. The van der Waals surface area contributed by atoms with E-state index in [0.717, 1.165) is 0 Å². The van der Waals surface area contributed by atoms with E-state index in [-0.39, 0.29) is 57.8 Å². The molecule has 0 saturated carbocycles. The van der Waals surface area contributed by atoms with Crippen molar-refractivity contribution in [2.45, 2.75) is 6.92 Å². The van der Waals surface area contributed by atoms with Gasteiger partial charge in [-0.3, -0.25) is 0 Å². The Morgan fingerprint density at radius 2 is 2.25 bits per heavy atom. The molecule has 1 aromatic heterocycles. The van der Waals surface area contributed by atoms with Crippen LogP contribution in [0.15, 0.2) is 12.3 Å². The molecule has 1 rings (SSSR count). The van der Waals surface area contributed by atoms with Crippen molar-refractivity contribution in [3.63, 3.8) is 0 Å². The predicted molar refractivity (Wildman–Crippen MR) is 34.8 cm³/mol. The van der Waals surface area contributed by atoms with Gasteiger partial charge in [-0.05, 0) is 5.56 Å². The fraction of sp³-hybridized carbons (Fsp3) is 0.143. The predicted octanol–water partition coefficient (Wildman–Crippen LogP) is 0.883. The van der Waals surface area contributed by atoms with Crippen molar-refractivity contribution < 1.29 is 62.1 Å². The fourth-order valence-electron chi connectivity index (χ4n) is 0.639. The second kappa shape index (κ2) is 6.82. The van der Waals surface area contributed by atoms with Crippen LogP contribution in [0.1, 0.15) is 15.9 Å². The summed E-state index contributed by atoms with van der Waals surface area (Å²) in [5, 5.41) is 8.51. The van der Waals surface area contributed by atoms with Gasteiger partial charge in [0.1, 0.15) is 0 Å². The molecular formula is C7H6NO2YZn-. The van der Waals surface area contributed by atoms with E-state index in [1.807, 2.05) is 0 Å². The molecule has 1 N–H and O–H groups in total. The van der Waals surface area contributed by atoms with Crippen molar-refractivity contribution in [2.24, 2.45) is 0 Å². The topological polar surface area (TPSA) is 50.2 Å². The summed E-state index contributed by atoms with van der Waals surface area (Å²) in [6, 6.07) is 1.55. The van der Waals surface area contributed by atoms with Crippen LogP contribution in [0.3, 0.4) is 0 Å². The quantitative estimate of drug-likeness (QED) is 0.617. The normalized spacial score (nSPS) is 7.75. The Bertz CT molecular complexity index is 267. The maximum absolute atomic E-state index is 10.4.